The monoisotopic (exact) mass is 452 g/mol. The maximum absolute atomic E-state index is 13.3. The lowest BCUT2D eigenvalue weighted by Crippen LogP contribution is -2.48. The molecule has 4 rings (SSSR count). The largest absolute Gasteiger partial charge is 0.417 e. The van der Waals surface area contributed by atoms with Crippen molar-refractivity contribution in [3.8, 4) is 5.69 Å². The predicted molar refractivity (Wildman–Crippen MR) is 105 cm³/mol. The summed E-state index contributed by atoms with van der Waals surface area (Å²) < 4.78 is 68.3. The molecule has 8 nitrogen and oxygen atoms in total. The standard InChI is InChI=1S/C19H19F3N6O2S/c20-19(21,22)16-8-4-5-9-17(16)31(29,30)27-12-10-26(11-13-27)14-18-23-24-25-28(18)15-6-2-1-3-7-15/h1-9H,10-14H2. The highest BCUT2D eigenvalue weighted by Gasteiger charge is 2.39. The number of piperazine rings is 1. The van der Waals surface area contributed by atoms with Gasteiger partial charge in [-0.25, -0.2) is 8.42 Å². The molecule has 3 aromatic rings. The zero-order chi connectivity index (χ0) is 22.1. The summed E-state index contributed by atoms with van der Waals surface area (Å²) in [5.41, 5.74) is -0.355. The fourth-order valence-electron chi connectivity index (χ4n) is 3.47. The van der Waals surface area contributed by atoms with E-state index in [9.17, 15) is 21.6 Å². The number of nitrogens with zero attached hydrogens (tertiary/aromatic N) is 6. The Bertz CT molecular complexity index is 1140. The number of alkyl halides is 3. The predicted octanol–water partition coefficient (Wildman–Crippen LogP) is 2.19. The van der Waals surface area contributed by atoms with E-state index < -0.39 is 26.7 Å². The maximum atomic E-state index is 13.3. The van der Waals surface area contributed by atoms with Crippen LogP contribution in [0.15, 0.2) is 59.5 Å². The van der Waals surface area contributed by atoms with Crippen molar-refractivity contribution in [2.75, 3.05) is 26.2 Å². The van der Waals surface area contributed by atoms with Crippen molar-refractivity contribution >= 4 is 10.0 Å². The first-order chi connectivity index (χ1) is 14.8. The van der Waals surface area contributed by atoms with Crippen LogP contribution in [0.4, 0.5) is 13.2 Å². The first-order valence-corrected chi connectivity index (χ1v) is 10.9. The summed E-state index contributed by atoms with van der Waals surface area (Å²) in [7, 11) is -4.27. The molecule has 0 amide bonds. The summed E-state index contributed by atoms with van der Waals surface area (Å²) in [6, 6.07) is 13.6. The Morgan fingerprint density at radius 1 is 0.903 bits per heavy atom. The molecule has 2 aromatic carbocycles. The number of benzene rings is 2. The highest BCUT2D eigenvalue weighted by Crippen LogP contribution is 2.35. The van der Waals surface area contributed by atoms with Gasteiger partial charge in [-0.15, -0.1) is 5.10 Å². The molecule has 0 aliphatic carbocycles. The van der Waals surface area contributed by atoms with Crippen LogP contribution in [-0.4, -0.2) is 64.0 Å². The van der Waals surface area contributed by atoms with Gasteiger partial charge in [-0.2, -0.15) is 22.2 Å². The smallest absolute Gasteiger partial charge is 0.293 e. The van der Waals surface area contributed by atoms with E-state index in [0.717, 1.165) is 22.1 Å². The molecule has 1 fully saturated rings. The fraction of sp³-hybridized carbons (Fsp3) is 0.316. The highest BCUT2D eigenvalue weighted by atomic mass is 32.2. The fourth-order valence-corrected chi connectivity index (χ4v) is 5.10. The first kappa shape index (κ1) is 21.4. The Balaban J connectivity index is 1.46. The van der Waals surface area contributed by atoms with E-state index in [2.05, 4.69) is 15.5 Å². The third-order valence-corrected chi connectivity index (χ3v) is 7.00. The van der Waals surface area contributed by atoms with E-state index in [1.165, 1.54) is 12.1 Å². The van der Waals surface area contributed by atoms with Crippen LogP contribution >= 0.6 is 0 Å². The summed E-state index contributed by atoms with van der Waals surface area (Å²) in [5, 5.41) is 11.8. The lowest BCUT2D eigenvalue weighted by Gasteiger charge is -2.34. The third-order valence-electron chi connectivity index (χ3n) is 5.04. The molecule has 12 heteroatoms. The van der Waals surface area contributed by atoms with Crippen molar-refractivity contribution in [2.24, 2.45) is 0 Å². The zero-order valence-electron chi connectivity index (χ0n) is 16.3. The SMILES string of the molecule is O=S(=O)(c1ccccc1C(F)(F)F)N1CCN(Cc2nnnn2-c2ccccc2)CC1. The van der Waals surface area contributed by atoms with Crippen molar-refractivity contribution in [3.63, 3.8) is 0 Å². The number of halogens is 3. The van der Waals surface area contributed by atoms with Gasteiger partial charge in [0, 0.05) is 26.2 Å². The Morgan fingerprint density at radius 3 is 2.23 bits per heavy atom. The number of tetrazole rings is 1. The molecule has 1 saturated heterocycles. The summed E-state index contributed by atoms with van der Waals surface area (Å²) in [6.07, 6.45) is -4.75. The number of hydrogen-bond acceptors (Lipinski definition) is 6. The second kappa shape index (κ2) is 8.36. The molecule has 1 aromatic heterocycles. The van der Waals surface area contributed by atoms with Crippen LogP contribution in [0.25, 0.3) is 5.69 Å². The van der Waals surface area contributed by atoms with Gasteiger partial charge in [-0.05, 0) is 34.7 Å². The van der Waals surface area contributed by atoms with Gasteiger partial charge in [-0.3, -0.25) is 4.90 Å². The van der Waals surface area contributed by atoms with Crippen LogP contribution in [0, 0.1) is 0 Å². The maximum Gasteiger partial charge on any atom is 0.417 e. The van der Waals surface area contributed by atoms with E-state index in [1.807, 2.05) is 35.2 Å². The summed E-state index contributed by atoms with van der Waals surface area (Å²) in [4.78, 5) is 1.25. The number of para-hydroxylation sites is 1. The van der Waals surface area contributed by atoms with Gasteiger partial charge in [0.25, 0.3) is 0 Å². The van der Waals surface area contributed by atoms with Crippen molar-refractivity contribution in [2.45, 2.75) is 17.6 Å². The first-order valence-electron chi connectivity index (χ1n) is 9.48. The van der Waals surface area contributed by atoms with Gasteiger partial charge in [-0.1, -0.05) is 30.3 Å². The van der Waals surface area contributed by atoms with E-state index >= 15 is 0 Å². The number of aromatic nitrogens is 4. The van der Waals surface area contributed by atoms with Crippen molar-refractivity contribution in [3.05, 3.63) is 66.0 Å². The van der Waals surface area contributed by atoms with Gasteiger partial charge >= 0.3 is 6.18 Å². The van der Waals surface area contributed by atoms with E-state index in [-0.39, 0.29) is 13.1 Å². The summed E-state index contributed by atoms with van der Waals surface area (Å²) in [6.45, 7) is 1.21. The Hall–Kier alpha value is -2.83. The molecule has 0 radical (unpaired) electrons. The molecule has 2 heterocycles. The number of sulfonamides is 1. The normalized spacial score (nSPS) is 16.5. The number of hydrogen-bond donors (Lipinski definition) is 0. The molecular formula is C19H19F3N6O2S. The summed E-state index contributed by atoms with van der Waals surface area (Å²) in [5.74, 6) is 0.588. The Kier molecular flexibility index (Phi) is 5.77. The van der Waals surface area contributed by atoms with E-state index in [1.54, 1.807) is 4.68 Å². The van der Waals surface area contributed by atoms with Gasteiger partial charge in [0.05, 0.1) is 22.7 Å². The lowest BCUT2D eigenvalue weighted by atomic mass is 10.2. The van der Waals surface area contributed by atoms with Crippen LogP contribution in [0.2, 0.25) is 0 Å². The van der Waals surface area contributed by atoms with Gasteiger partial charge in [0.1, 0.15) is 0 Å². The molecule has 0 spiro atoms. The number of rotatable bonds is 5. The molecule has 0 atom stereocenters. The minimum absolute atomic E-state index is 0.0709. The molecule has 164 valence electrons. The lowest BCUT2D eigenvalue weighted by molar-refractivity contribution is -0.139. The quantitative estimate of drug-likeness (QED) is 0.590. The minimum atomic E-state index is -4.75. The molecule has 1 aliphatic heterocycles. The van der Waals surface area contributed by atoms with Crippen molar-refractivity contribution in [1.82, 2.24) is 29.4 Å². The topological polar surface area (TPSA) is 84.2 Å². The van der Waals surface area contributed by atoms with Crippen molar-refractivity contribution < 1.29 is 21.6 Å². The van der Waals surface area contributed by atoms with Crippen LogP contribution in [0.3, 0.4) is 0 Å². The second-order valence-corrected chi connectivity index (χ2v) is 8.92. The van der Waals surface area contributed by atoms with Gasteiger partial charge in [0.15, 0.2) is 5.82 Å². The molecule has 0 N–H and O–H groups in total. The van der Waals surface area contributed by atoms with Gasteiger partial charge in [0.2, 0.25) is 10.0 Å². The van der Waals surface area contributed by atoms with Crippen LogP contribution in [0.5, 0.6) is 0 Å². The van der Waals surface area contributed by atoms with E-state index in [0.29, 0.717) is 25.5 Å². The van der Waals surface area contributed by atoms with Crippen LogP contribution in [0.1, 0.15) is 11.4 Å². The zero-order valence-corrected chi connectivity index (χ0v) is 17.1. The molecule has 0 saturated carbocycles. The molecular weight excluding hydrogens is 433 g/mol. The molecule has 0 bridgehead atoms. The second-order valence-electron chi connectivity index (χ2n) is 7.02. The molecule has 1 aliphatic rings. The Labute approximate surface area is 176 Å². The highest BCUT2D eigenvalue weighted by molar-refractivity contribution is 7.89. The minimum Gasteiger partial charge on any atom is -0.293 e. The summed E-state index contributed by atoms with van der Waals surface area (Å²) >= 11 is 0. The third kappa shape index (κ3) is 4.45. The van der Waals surface area contributed by atoms with Crippen LogP contribution in [-0.2, 0) is 22.7 Å². The molecule has 0 unspecified atom stereocenters. The van der Waals surface area contributed by atoms with E-state index in [4.69, 9.17) is 0 Å². The van der Waals surface area contributed by atoms with Gasteiger partial charge < -0.3 is 0 Å². The van der Waals surface area contributed by atoms with Crippen molar-refractivity contribution in [1.29, 1.82) is 0 Å². The molecule has 31 heavy (non-hydrogen) atoms. The average molecular weight is 452 g/mol. The van der Waals surface area contributed by atoms with Crippen LogP contribution < -0.4 is 0 Å². The average Bonchev–Trinajstić information content (AvgIpc) is 3.22. The Morgan fingerprint density at radius 2 is 1.55 bits per heavy atom.